The number of ether oxygens (including phenoxy) is 1. The maximum Gasteiger partial charge on any atom is 0.408 e. The van der Waals surface area contributed by atoms with Crippen LogP contribution in [0, 0.1) is 5.92 Å². The van der Waals surface area contributed by atoms with Crippen molar-refractivity contribution in [3.05, 3.63) is 58.3 Å². The number of carbonyl (C=O) groups excluding carboxylic acids is 2. The van der Waals surface area contributed by atoms with Crippen LogP contribution in [-0.2, 0) is 20.9 Å². The molecule has 3 amide bonds. The van der Waals surface area contributed by atoms with E-state index in [4.69, 9.17) is 9.73 Å². The van der Waals surface area contributed by atoms with Crippen LogP contribution in [0.1, 0.15) is 89.2 Å². The van der Waals surface area contributed by atoms with Crippen LogP contribution in [0.4, 0.5) is 4.79 Å². The van der Waals surface area contributed by atoms with Crippen molar-refractivity contribution in [1.29, 1.82) is 0 Å². The van der Waals surface area contributed by atoms with Gasteiger partial charge < -0.3 is 29.9 Å². The number of carboxylic acid groups (broad SMARTS) is 1. The van der Waals surface area contributed by atoms with E-state index in [-0.39, 0.29) is 43.0 Å². The van der Waals surface area contributed by atoms with E-state index in [9.17, 15) is 19.5 Å². The molecule has 2 aromatic rings. The molecular formula is C38H54N6O5S. The fraction of sp³-hybridized carbons (Fsp3) is 0.632. The third-order valence-electron chi connectivity index (χ3n) is 10.9. The predicted octanol–water partition coefficient (Wildman–Crippen LogP) is 5.58. The summed E-state index contributed by atoms with van der Waals surface area (Å²) in [6, 6.07) is 13.0. The molecule has 12 heteroatoms. The zero-order chi connectivity index (χ0) is 35.4. The van der Waals surface area contributed by atoms with Crippen LogP contribution in [0.15, 0.2) is 52.8 Å². The van der Waals surface area contributed by atoms with Crippen molar-refractivity contribution < 1.29 is 24.2 Å². The highest BCUT2D eigenvalue weighted by Gasteiger charge is 2.48. The first-order chi connectivity index (χ1) is 24.0. The Morgan fingerprint density at radius 3 is 2.36 bits per heavy atom. The van der Waals surface area contributed by atoms with Crippen LogP contribution in [0.2, 0.25) is 0 Å². The fourth-order valence-corrected chi connectivity index (χ4v) is 9.01. The van der Waals surface area contributed by atoms with Crippen molar-refractivity contribution in [2.75, 3.05) is 32.7 Å². The summed E-state index contributed by atoms with van der Waals surface area (Å²) in [5.74, 6) is -0.695. The van der Waals surface area contributed by atoms with Crippen molar-refractivity contribution in [3.63, 3.8) is 0 Å². The molecule has 1 aromatic carbocycles. The molecule has 6 rings (SSSR count). The van der Waals surface area contributed by atoms with E-state index in [2.05, 4.69) is 10.2 Å². The average Bonchev–Trinajstić information content (AvgIpc) is 3.79. The second-order valence-corrected chi connectivity index (χ2v) is 16.4. The van der Waals surface area contributed by atoms with Gasteiger partial charge in [-0.15, -0.1) is 11.3 Å². The molecule has 272 valence electrons. The van der Waals surface area contributed by atoms with Gasteiger partial charge in [0.2, 0.25) is 11.8 Å². The van der Waals surface area contributed by atoms with Crippen molar-refractivity contribution >= 4 is 35.3 Å². The van der Waals surface area contributed by atoms with E-state index >= 15 is 0 Å². The summed E-state index contributed by atoms with van der Waals surface area (Å²) in [5.41, 5.74) is 0.218. The maximum atomic E-state index is 15.0. The highest BCUT2D eigenvalue weighted by Crippen LogP contribution is 2.37. The van der Waals surface area contributed by atoms with Crippen LogP contribution in [-0.4, -0.2) is 111 Å². The average molecular weight is 707 g/mol. The molecule has 0 spiro atoms. The summed E-state index contributed by atoms with van der Waals surface area (Å²) in [7, 11) is 0. The molecule has 3 fully saturated rings. The standard InChI is InChI=1S/C38H54N6O5S/c1-26-33(28-12-7-5-8-13-28)49-36(40-26)42-21-22-43(31(25-42)34(45)39-24-30-14-11-23-50-30)35(46)32(44(37(47)48)38(2,3)4)27-15-17-29(18-16-27)41-19-9-6-10-20-41/h5,7-8,11-14,23,26-27,29,31-33H,6,9-10,15-22,24-25H2,1-4H3,(H,39,45)(H,47,48)/t26-,27?,29?,31-,32+,33+/m0/s1. The molecule has 4 atom stereocenters. The van der Waals surface area contributed by atoms with Gasteiger partial charge in [-0.25, -0.2) is 9.79 Å². The normalized spacial score (nSPS) is 26.9. The fourth-order valence-electron chi connectivity index (χ4n) is 8.36. The lowest BCUT2D eigenvalue weighted by atomic mass is 9.78. The Balaban J connectivity index is 1.25. The Labute approximate surface area is 300 Å². The molecule has 3 aliphatic heterocycles. The molecule has 4 aliphatic rings. The number of hydrogen-bond donors (Lipinski definition) is 2. The summed E-state index contributed by atoms with van der Waals surface area (Å²) in [6.45, 7) is 11.0. The lowest BCUT2D eigenvalue weighted by Gasteiger charge is -2.48. The number of hydrogen-bond acceptors (Lipinski definition) is 8. The topological polar surface area (TPSA) is 118 Å². The molecule has 0 unspecified atom stereocenters. The van der Waals surface area contributed by atoms with Crippen LogP contribution in [0.5, 0.6) is 0 Å². The van der Waals surface area contributed by atoms with Crippen LogP contribution >= 0.6 is 11.3 Å². The largest absolute Gasteiger partial charge is 0.465 e. The first kappa shape index (κ1) is 36.2. The van der Waals surface area contributed by atoms with Gasteiger partial charge in [-0.2, -0.15) is 0 Å². The zero-order valence-electron chi connectivity index (χ0n) is 30.0. The first-order valence-electron chi connectivity index (χ1n) is 18.4. The monoisotopic (exact) mass is 706 g/mol. The number of carbonyl (C=O) groups is 3. The highest BCUT2D eigenvalue weighted by molar-refractivity contribution is 7.09. The molecule has 2 N–H and O–H groups in total. The van der Waals surface area contributed by atoms with Crippen molar-refractivity contribution in [2.24, 2.45) is 10.9 Å². The van der Waals surface area contributed by atoms with Gasteiger partial charge in [0.05, 0.1) is 19.1 Å². The summed E-state index contributed by atoms with van der Waals surface area (Å²) in [6.07, 6.45) is 5.82. The van der Waals surface area contributed by atoms with Crippen molar-refractivity contribution in [3.8, 4) is 0 Å². The Morgan fingerprint density at radius 1 is 1.00 bits per heavy atom. The highest BCUT2D eigenvalue weighted by atomic mass is 32.1. The van der Waals surface area contributed by atoms with Gasteiger partial charge in [0, 0.05) is 29.5 Å². The Hall–Kier alpha value is -3.64. The summed E-state index contributed by atoms with van der Waals surface area (Å²) in [5, 5.41) is 15.7. The number of likely N-dealkylation sites (tertiary alicyclic amines) is 1. The second-order valence-electron chi connectivity index (χ2n) is 15.3. The molecule has 1 aliphatic carbocycles. The summed E-state index contributed by atoms with van der Waals surface area (Å²) in [4.78, 5) is 55.5. The van der Waals surface area contributed by atoms with Gasteiger partial charge in [0.25, 0.3) is 6.02 Å². The summed E-state index contributed by atoms with van der Waals surface area (Å²) < 4.78 is 6.41. The van der Waals surface area contributed by atoms with Gasteiger partial charge in [-0.3, -0.25) is 14.5 Å². The molecule has 1 aromatic heterocycles. The SMILES string of the molecule is C[C@@H]1N=C(N2CCN(C(=O)[C@@H](C3CCC(N4CCCCC4)CC3)N(C(=O)O)C(C)(C)C)[C@H](C(=O)NCc3cccs3)C2)O[C@H]1c1ccccc1. The number of benzene rings is 1. The molecule has 1 saturated carbocycles. The molecular weight excluding hydrogens is 653 g/mol. The van der Waals surface area contributed by atoms with Gasteiger partial charge in [0.1, 0.15) is 18.2 Å². The molecule has 2 saturated heterocycles. The minimum absolute atomic E-state index is 0.112. The van der Waals surface area contributed by atoms with E-state index in [1.165, 1.54) is 24.2 Å². The number of thiophene rings is 1. The third-order valence-corrected chi connectivity index (χ3v) is 11.8. The van der Waals surface area contributed by atoms with E-state index in [1.807, 2.05) is 80.4 Å². The lowest BCUT2D eigenvalue weighted by Crippen LogP contribution is -2.67. The predicted molar refractivity (Wildman–Crippen MR) is 195 cm³/mol. The Kier molecular flexibility index (Phi) is 11.4. The Bertz CT molecular complexity index is 1480. The number of aliphatic imine (C=N–C) groups is 1. The van der Waals surface area contributed by atoms with E-state index in [1.54, 1.807) is 16.2 Å². The van der Waals surface area contributed by atoms with E-state index < -0.39 is 23.7 Å². The molecule has 0 radical (unpaired) electrons. The lowest BCUT2D eigenvalue weighted by molar-refractivity contribution is -0.151. The number of nitrogens with zero attached hydrogens (tertiary/aromatic N) is 5. The minimum Gasteiger partial charge on any atom is -0.465 e. The Morgan fingerprint density at radius 2 is 1.72 bits per heavy atom. The zero-order valence-corrected chi connectivity index (χ0v) is 30.8. The number of piperazine rings is 1. The second kappa shape index (κ2) is 15.7. The van der Waals surface area contributed by atoms with Gasteiger partial charge in [-0.1, -0.05) is 42.8 Å². The van der Waals surface area contributed by atoms with Crippen molar-refractivity contribution in [2.45, 2.75) is 115 Å². The molecule has 11 nitrogen and oxygen atoms in total. The van der Waals surface area contributed by atoms with Gasteiger partial charge >= 0.3 is 6.09 Å². The van der Waals surface area contributed by atoms with Crippen LogP contribution in [0.3, 0.4) is 0 Å². The number of rotatable bonds is 8. The quantitative estimate of drug-likeness (QED) is 0.368. The number of nitrogens with one attached hydrogen (secondary N) is 1. The van der Waals surface area contributed by atoms with Crippen molar-refractivity contribution in [1.82, 2.24) is 24.9 Å². The van der Waals surface area contributed by atoms with Gasteiger partial charge in [0.15, 0.2) is 0 Å². The van der Waals surface area contributed by atoms with E-state index in [0.717, 1.165) is 49.2 Å². The summed E-state index contributed by atoms with van der Waals surface area (Å²) >= 11 is 1.56. The number of piperidine rings is 1. The smallest absolute Gasteiger partial charge is 0.408 e. The number of amides is 3. The molecule has 50 heavy (non-hydrogen) atoms. The van der Waals surface area contributed by atoms with Crippen LogP contribution < -0.4 is 5.32 Å². The minimum atomic E-state index is -1.11. The molecule has 0 bridgehead atoms. The third kappa shape index (κ3) is 8.12. The molecule has 4 heterocycles. The maximum absolute atomic E-state index is 15.0. The first-order valence-corrected chi connectivity index (χ1v) is 19.3. The van der Waals surface area contributed by atoms with Gasteiger partial charge in [-0.05, 0) is 102 Å². The number of amidine groups is 1. The van der Waals surface area contributed by atoms with Crippen LogP contribution in [0.25, 0.3) is 0 Å². The van der Waals surface area contributed by atoms with E-state index in [0.29, 0.717) is 25.2 Å².